The minimum atomic E-state index is -1.06. The zero-order chi connectivity index (χ0) is 9.14. The van der Waals surface area contributed by atoms with Gasteiger partial charge in [0, 0.05) is 6.20 Å². The lowest BCUT2D eigenvalue weighted by atomic mass is 10.2. The van der Waals surface area contributed by atoms with Crippen LogP contribution < -0.4 is 10.5 Å². The van der Waals surface area contributed by atoms with E-state index in [1.165, 1.54) is 19.4 Å². The van der Waals surface area contributed by atoms with Crippen LogP contribution in [0.4, 0.5) is 5.69 Å². The van der Waals surface area contributed by atoms with Gasteiger partial charge in [-0.1, -0.05) is 0 Å². The van der Waals surface area contributed by atoms with Gasteiger partial charge in [-0.05, 0) is 6.07 Å². The van der Waals surface area contributed by atoms with Gasteiger partial charge in [-0.3, -0.25) is 0 Å². The van der Waals surface area contributed by atoms with Crippen molar-refractivity contribution in [1.82, 2.24) is 4.98 Å². The molecule has 0 unspecified atom stereocenters. The summed E-state index contributed by atoms with van der Waals surface area (Å²) in [6, 6.07) is 1.30. The molecule has 0 radical (unpaired) electrons. The van der Waals surface area contributed by atoms with Crippen LogP contribution in [0.25, 0.3) is 0 Å². The summed E-state index contributed by atoms with van der Waals surface area (Å²) in [7, 11) is 1.42. The van der Waals surface area contributed by atoms with Crippen LogP contribution in [0.3, 0.4) is 0 Å². The lowest BCUT2D eigenvalue weighted by molar-refractivity contribution is 0.0696. The number of carbonyl (C=O) groups is 1. The molecule has 0 spiro atoms. The fourth-order valence-electron chi connectivity index (χ4n) is 0.757. The van der Waals surface area contributed by atoms with Crippen molar-refractivity contribution in [3.05, 3.63) is 17.8 Å². The Morgan fingerprint density at radius 1 is 1.75 bits per heavy atom. The Bertz CT molecular complexity index is 312. The zero-order valence-electron chi connectivity index (χ0n) is 6.44. The number of nitrogens with zero attached hydrogens (tertiary/aromatic N) is 1. The van der Waals surface area contributed by atoms with E-state index >= 15 is 0 Å². The Kier molecular flexibility index (Phi) is 2.14. The molecule has 1 aromatic heterocycles. The van der Waals surface area contributed by atoms with E-state index in [1.54, 1.807) is 0 Å². The van der Waals surface area contributed by atoms with Crippen molar-refractivity contribution in [3.8, 4) is 5.88 Å². The predicted octanol–water partition coefficient (Wildman–Crippen LogP) is 0.371. The Hall–Kier alpha value is -1.78. The van der Waals surface area contributed by atoms with E-state index in [0.29, 0.717) is 0 Å². The molecule has 0 atom stereocenters. The lowest BCUT2D eigenvalue weighted by Gasteiger charge is -2.02. The topological polar surface area (TPSA) is 85.4 Å². The highest BCUT2D eigenvalue weighted by Gasteiger charge is 2.06. The molecule has 0 saturated carbocycles. The highest BCUT2D eigenvalue weighted by atomic mass is 16.5. The largest absolute Gasteiger partial charge is 0.480 e. The molecule has 0 aromatic carbocycles. The first-order chi connectivity index (χ1) is 5.65. The number of ether oxygens (including phenoxy) is 1. The van der Waals surface area contributed by atoms with Crippen molar-refractivity contribution in [2.75, 3.05) is 12.8 Å². The number of hydrogen-bond acceptors (Lipinski definition) is 4. The van der Waals surface area contributed by atoms with Crippen molar-refractivity contribution in [2.24, 2.45) is 0 Å². The van der Waals surface area contributed by atoms with Crippen molar-refractivity contribution < 1.29 is 14.6 Å². The molecular formula is C7H8N2O3. The van der Waals surface area contributed by atoms with E-state index in [0.717, 1.165) is 0 Å². The van der Waals surface area contributed by atoms with Crippen LogP contribution in [-0.4, -0.2) is 23.2 Å². The third-order valence-corrected chi connectivity index (χ3v) is 1.32. The van der Waals surface area contributed by atoms with Crippen LogP contribution in [-0.2, 0) is 0 Å². The van der Waals surface area contributed by atoms with Crippen LogP contribution >= 0.6 is 0 Å². The van der Waals surface area contributed by atoms with Gasteiger partial charge < -0.3 is 15.6 Å². The van der Waals surface area contributed by atoms with E-state index in [9.17, 15) is 4.79 Å². The van der Waals surface area contributed by atoms with Gasteiger partial charge in [0.15, 0.2) is 0 Å². The first-order valence-corrected chi connectivity index (χ1v) is 3.18. The minimum absolute atomic E-state index is 0.0494. The van der Waals surface area contributed by atoms with Crippen LogP contribution in [0.5, 0.6) is 5.88 Å². The minimum Gasteiger partial charge on any atom is -0.480 e. The highest BCUT2D eigenvalue weighted by molar-refractivity contribution is 5.88. The third-order valence-electron chi connectivity index (χ3n) is 1.32. The molecular weight excluding hydrogens is 160 g/mol. The molecule has 1 heterocycles. The van der Waals surface area contributed by atoms with Crippen molar-refractivity contribution >= 4 is 11.7 Å². The molecule has 12 heavy (non-hydrogen) atoms. The van der Waals surface area contributed by atoms with Crippen molar-refractivity contribution in [1.29, 1.82) is 0 Å². The Morgan fingerprint density at radius 3 is 2.83 bits per heavy atom. The number of pyridine rings is 1. The molecule has 5 heteroatoms. The van der Waals surface area contributed by atoms with Gasteiger partial charge >= 0.3 is 5.97 Å². The van der Waals surface area contributed by atoms with Crippen molar-refractivity contribution in [2.45, 2.75) is 0 Å². The van der Waals surface area contributed by atoms with Gasteiger partial charge in [0.05, 0.1) is 18.4 Å². The number of aromatic carboxylic acids is 1. The van der Waals surface area contributed by atoms with Gasteiger partial charge in [0.25, 0.3) is 0 Å². The normalized spacial score (nSPS) is 9.42. The van der Waals surface area contributed by atoms with Crippen LogP contribution in [0.1, 0.15) is 10.4 Å². The number of hydrogen-bond donors (Lipinski definition) is 2. The van der Waals surface area contributed by atoms with Gasteiger partial charge in [-0.15, -0.1) is 0 Å². The SMILES string of the molecule is COc1ncc(C(=O)O)cc1N. The summed E-state index contributed by atoms with van der Waals surface area (Å²) >= 11 is 0. The Labute approximate surface area is 68.8 Å². The van der Waals surface area contributed by atoms with Gasteiger partial charge in [0.1, 0.15) is 0 Å². The maximum atomic E-state index is 10.4. The molecule has 0 aliphatic carbocycles. The number of nitrogen functional groups attached to an aromatic ring is 1. The standard InChI is InChI=1S/C7H8N2O3/c1-12-6-5(8)2-4(3-9-6)7(10)11/h2-3H,8H2,1H3,(H,10,11). The van der Waals surface area contributed by atoms with Gasteiger partial charge in [0.2, 0.25) is 5.88 Å². The summed E-state index contributed by atoms with van der Waals surface area (Å²) in [5, 5.41) is 8.54. The van der Waals surface area contributed by atoms with E-state index in [1.807, 2.05) is 0 Å². The fraction of sp³-hybridized carbons (Fsp3) is 0.143. The average molecular weight is 168 g/mol. The number of rotatable bonds is 2. The second-order valence-electron chi connectivity index (χ2n) is 2.13. The number of nitrogens with two attached hydrogens (primary N) is 1. The molecule has 0 aliphatic heterocycles. The second kappa shape index (κ2) is 3.08. The molecule has 5 nitrogen and oxygen atoms in total. The Balaban J connectivity index is 3.10. The number of aromatic nitrogens is 1. The lowest BCUT2D eigenvalue weighted by Crippen LogP contribution is -2.01. The summed E-state index contributed by atoms with van der Waals surface area (Å²) in [5.74, 6) is -0.822. The molecule has 1 aromatic rings. The summed E-state index contributed by atoms with van der Waals surface area (Å²) in [6.07, 6.45) is 1.19. The maximum Gasteiger partial charge on any atom is 0.337 e. The number of carboxylic acid groups (broad SMARTS) is 1. The van der Waals surface area contributed by atoms with E-state index in [-0.39, 0.29) is 17.1 Å². The van der Waals surface area contributed by atoms with Gasteiger partial charge in [-0.25, -0.2) is 9.78 Å². The van der Waals surface area contributed by atoms with Crippen LogP contribution in [0.2, 0.25) is 0 Å². The Morgan fingerprint density at radius 2 is 2.42 bits per heavy atom. The molecule has 0 aliphatic rings. The smallest absolute Gasteiger partial charge is 0.337 e. The number of anilines is 1. The quantitative estimate of drug-likeness (QED) is 0.666. The van der Waals surface area contributed by atoms with E-state index < -0.39 is 5.97 Å². The van der Waals surface area contributed by atoms with E-state index in [4.69, 9.17) is 15.6 Å². The second-order valence-corrected chi connectivity index (χ2v) is 2.13. The maximum absolute atomic E-state index is 10.4. The molecule has 0 fully saturated rings. The summed E-state index contributed by atoms with van der Waals surface area (Å²) < 4.78 is 4.75. The first kappa shape index (κ1) is 8.32. The van der Waals surface area contributed by atoms with E-state index in [2.05, 4.69) is 4.98 Å². The van der Waals surface area contributed by atoms with Crippen LogP contribution in [0, 0.1) is 0 Å². The zero-order valence-corrected chi connectivity index (χ0v) is 6.44. The number of carboxylic acids is 1. The molecule has 1 rings (SSSR count). The molecule has 64 valence electrons. The van der Waals surface area contributed by atoms with Crippen molar-refractivity contribution in [3.63, 3.8) is 0 Å². The third kappa shape index (κ3) is 1.45. The van der Waals surface area contributed by atoms with Crippen LogP contribution in [0.15, 0.2) is 12.3 Å². The molecule has 0 saturated heterocycles. The molecule has 0 amide bonds. The first-order valence-electron chi connectivity index (χ1n) is 3.18. The summed E-state index contributed by atoms with van der Waals surface area (Å²) in [6.45, 7) is 0. The molecule has 3 N–H and O–H groups in total. The number of methoxy groups -OCH3 is 1. The fourth-order valence-corrected chi connectivity index (χ4v) is 0.757. The summed E-state index contributed by atoms with van der Waals surface area (Å²) in [5.41, 5.74) is 5.69. The monoisotopic (exact) mass is 168 g/mol. The predicted molar refractivity (Wildman–Crippen MR) is 42.2 cm³/mol. The summed E-state index contributed by atoms with van der Waals surface area (Å²) in [4.78, 5) is 14.1. The highest BCUT2D eigenvalue weighted by Crippen LogP contribution is 2.17. The molecule has 0 bridgehead atoms. The van der Waals surface area contributed by atoms with Gasteiger partial charge in [-0.2, -0.15) is 0 Å². The average Bonchev–Trinajstić information content (AvgIpc) is 2.04.